The van der Waals surface area contributed by atoms with Crippen LogP contribution in [0.2, 0.25) is 0 Å². The van der Waals surface area contributed by atoms with E-state index in [0.717, 1.165) is 23.1 Å². The molecule has 2 heterocycles. The van der Waals surface area contributed by atoms with Crippen LogP contribution in [0.15, 0.2) is 23.5 Å². The van der Waals surface area contributed by atoms with E-state index in [1.165, 1.54) is 4.88 Å². The normalized spacial score (nSPS) is 11.7. The molecule has 2 N–H and O–H groups in total. The molecule has 2 rings (SSSR count). The third-order valence-electron chi connectivity index (χ3n) is 2.94. The van der Waals surface area contributed by atoms with Gasteiger partial charge in [0.15, 0.2) is 5.96 Å². The maximum atomic E-state index is 4.38. The Morgan fingerprint density at radius 2 is 2.20 bits per heavy atom. The molecule has 0 bridgehead atoms. The van der Waals surface area contributed by atoms with Gasteiger partial charge in [-0.25, -0.2) is 4.98 Å². The van der Waals surface area contributed by atoms with Crippen molar-refractivity contribution < 1.29 is 0 Å². The molecule has 0 spiro atoms. The number of hydrogen-bond acceptors (Lipinski definition) is 4. The fourth-order valence-electron chi connectivity index (χ4n) is 1.72. The summed E-state index contributed by atoms with van der Waals surface area (Å²) in [5, 5.41) is 11.7. The maximum absolute atomic E-state index is 4.38. The highest BCUT2D eigenvalue weighted by molar-refractivity contribution is 7.11. The first-order valence-corrected chi connectivity index (χ1v) is 7.39. The second kappa shape index (κ2) is 7.04. The third-order valence-corrected chi connectivity index (χ3v) is 4.08. The second-order valence-corrected chi connectivity index (χ2v) is 5.50. The van der Waals surface area contributed by atoms with Gasteiger partial charge in [-0.3, -0.25) is 9.67 Å². The third kappa shape index (κ3) is 3.80. The number of rotatable bonds is 5. The highest BCUT2D eigenvalue weighted by Crippen LogP contribution is 2.12. The van der Waals surface area contributed by atoms with Gasteiger partial charge < -0.3 is 10.6 Å². The monoisotopic (exact) mass is 292 g/mol. The Morgan fingerprint density at radius 3 is 2.80 bits per heavy atom. The summed E-state index contributed by atoms with van der Waals surface area (Å²) in [5.74, 6) is 0.763. The van der Waals surface area contributed by atoms with Crippen molar-refractivity contribution >= 4 is 17.3 Å². The predicted molar refractivity (Wildman–Crippen MR) is 81.7 cm³/mol. The highest BCUT2D eigenvalue weighted by Gasteiger charge is 2.04. The SMILES string of the molecule is CCc1cnc(CNC(=NC)NCc2ccnn2C)s1. The minimum absolute atomic E-state index is 0.689. The van der Waals surface area contributed by atoms with E-state index < -0.39 is 0 Å². The van der Waals surface area contributed by atoms with Crippen molar-refractivity contribution in [3.8, 4) is 0 Å². The molecule has 0 aromatic carbocycles. The van der Waals surface area contributed by atoms with Crippen LogP contribution in [0.5, 0.6) is 0 Å². The molecule has 0 unspecified atom stereocenters. The minimum atomic E-state index is 0.689. The van der Waals surface area contributed by atoms with Crippen molar-refractivity contribution in [2.24, 2.45) is 12.0 Å². The van der Waals surface area contributed by atoms with Gasteiger partial charge in [-0.2, -0.15) is 5.10 Å². The van der Waals surface area contributed by atoms with Crippen LogP contribution in [0.4, 0.5) is 0 Å². The smallest absolute Gasteiger partial charge is 0.191 e. The van der Waals surface area contributed by atoms with Gasteiger partial charge in [-0.15, -0.1) is 11.3 Å². The van der Waals surface area contributed by atoms with Crippen molar-refractivity contribution in [2.75, 3.05) is 7.05 Å². The summed E-state index contributed by atoms with van der Waals surface area (Å²) in [6.45, 7) is 3.52. The molecule has 2 aromatic heterocycles. The Labute approximate surface area is 123 Å². The standard InChI is InChI=1S/C13H20N6S/c1-4-11-8-15-12(20-11)9-17-13(14-2)16-7-10-5-6-18-19(10)3/h5-6,8H,4,7,9H2,1-3H3,(H2,14,16,17). The maximum Gasteiger partial charge on any atom is 0.191 e. The number of hydrogen-bond donors (Lipinski definition) is 2. The molecular formula is C13H20N6S. The van der Waals surface area contributed by atoms with E-state index in [9.17, 15) is 0 Å². The van der Waals surface area contributed by atoms with Gasteiger partial charge in [-0.05, 0) is 12.5 Å². The zero-order valence-corrected chi connectivity index (χ0v) is 12.9. The number of aryl methyl sites for hydroxylation is 2. The van der Waals surface area contributed by atoms with Gasteiger partial charge in [0, 0.05) is 31.4 Å². The Balaban J connectivity index is 1.82. The molecule has 0 fully saturated rings. The van der Waals surface area contributed by atoms with Crippen molar-refractivity contribution in [3.05, 3.63) is 34.0 Å². The average molecular weight is 292 g/mol. The summed E-state index contributed by atoms with van der Waals surface area (Å²) in [4.78, 5) is 9.88. The van der Waals surface area contributed by atoms with E-state index in [2.05, 4.69) is 32.6 Å². The predicted octanol–water partition coefficient (Wildman–Crippen LogP) is 1.30. The highest BCUT2D eigenvalue weighted by atomic mass is 32.1. The van der Waals surface area contributed by atoms with Crippen LogP contribution < -0.4 is 10.6 Å². The second-order valence-electron chi connectivity index (χ2n) is 4.30. The Hall–Kier alpha value is -1.89. The van der Waals surface area contributed by atoms with E-state index in [1.54, 1.807) is 24.6 Å². The molecule has 108 valence electrons. The fraction of sp³-hybridized carbons (Fsp3) is 0.462. The number of guanidine groups is 1. The number of nitrogens with one attached hydrogen (secondary N) is 2. The van der Waals surface area contributed by atoms with Crippen LogP contribution in [0.25, 0.3) is 0 Å². The summed E-state index contributed by atoms with van der Waals surface area (Å²) in [7, 11) is 3.69. The minimum Gasteiger partial charge on any atom is -0.351 e. The number of aromatic nitrogens is 3. The Morgan fingerprint density at radius 1 is 1.40 bits per heavy atom. The summed E-state index contributed by atoms with van der Waals surface area (Å²) in [5.41, 5.74) is 1.11. The molecule has 0 radical (unpaired) electrons. The van der Waals surface area contributed by atoms with Crippen LogP contribution >= 0.6 is 11.3 Å². The lowest BCUT2D eigenvalue weighted by molar-refractivity contribution is 0.684. The molecule has 2 aromatic rings. The first-order valence-electron chi connectivity index (χ1n) is 6.58. The van der Waals surface area contributed by atoms with E-state index in [1.807, 2.05) is 24.0 Å². The van der Waals surface area contributed by atoms with Crippen LogP contribution in [-0.4, -0.2) is 27.8 Å². The van der Waals surface area contributed by atoms with E-state index >= 15 is 0 Å². The molecule has 0 saturated carbocycles. The lowest BCUT2D eigenvalue weighted by atomic mass is 10.4. The van der Waals surface area contributed by atoms with Gasteiger partial charge in [0.25, 0.3) is 0 Å². The first-order chi connectivity index (χ1) is 9.72. The largest absolute Gasteiger partial charge is 0.351 e. The summed E-state index contributed by atoms with van der Waals surface area (Å²) in [6, 6.07) is 1.98. The van der Waals surface area contributed by atoms with Gasteiger partial charge in [0.2, 0.25) is 0 Å². The van der Waals surface area contributed by atoms with Crippen molar-refractivity contribution in [3.63, 3.8) is 0 Å². The van der Waals surface area contributed by atoms with Gasteiger partial charge in [0.05, 0.1) is 18.8 Å². The summed E-state index contributed by atoms with van der Waals surface area (Å²) < 4.78 is 1.84. The lowest BCUT2D eigenvalue weighted by Gasteiger charge is -2.10. The summed E-state index contributed by atoms with van der Waals surface area (Å²) >= 11 is 1.73. The Bertz CT molecular complexity index is 571. The zero-order chi connectivity index (χ0) is 14.4. The molecule has 0 aliphatic carbocycles. The van der Waals surface area contributed by atoms with Crippen LogP contribution in [0, 0.1) is 0 Å². The number of aliphatic imine (C=N–C) groups is 1. The van der Waals surface area contributed by atoms with Crippen molar-refractivity contribution in [2.45, 2.75) is 26.4 Å². The van der Waals surface area contributed by atoms with E-state index in [4.69, 9.17) is 0 Å². The number of thiazole rings is 1. The van der Waals surface area contributed by atoms with Gasteiger partial charge in [-0.1, -0.05) is 6.92 Å². The number of nitrogens with zero attached hydrogens (tertiary/aromatic N) is 4. The zero-order valence-electron chi connectivity index (χ0n) is 12.1. The molecule has 6 nitrogen and oxygen atoms in total. The average Bonchev–Trinajstić information content (AvgIpc) is 3.08. The van der Waals surface area contributed by atoms with Gasteiger partial charge >= 0.3 is 0 Å². The summed E-state index contributed by atoms with van der Waals surface area (Å²) in [6.07, 6.45) is 4.76. The fourth-order valence-corrected chi connectivity index (χ4v) is 2.52. The molecule has 0 amide bonds. The quantitative estimate of drug-likeness (QED) is 0.644. The van der Waals surface area contributed by atoms with Crippen molar-refractivity contribution in [1.82, 2.24) is 25.4 Å². The van der Waals surface area contributed by atoms with Crippen LogP contribution in [-0.2, 0) is 26.6 Å². The molecule has 20 heavy (non-hydrogen) atoms. The molecule has 7 heteroatoms. The molecule has 0 atom stereocenters. The van der Waals surface area contributed by atoms with Gasteiger partial charge in [0.1, 0.15) is 5.01 Å². The first kappa shape index (κ1) is 14.5. The van der Waals surface area contributed by atoms with Crippen LogP contribution in [0.1, 0.15) is 22.5 Å². The topological polar surface area (TPSA) is 67.1 Å². The molecule has 0 aliphatic rings. The van der Waals surface area contributed by atoms with Crippen molar-refractivity contribution in [1.29, 1.82) is 0 Å². The van der Waals surface area contributed by atoms with E-state index in [0.29, 0.717) is 13.1 Å². The van der Waals surface area contributed by atoms with E-state index in [-0.39, 0.29) is 0 Å². The Kier molecular flexibility index (Phi) is 5.11. The molecule has 0 aliphatic heterocycles. The lowest BCUT2D eigenvalue weighted by Crippen LogP contribution is -2.36. The molecule has 0 saturated heterocycles. The molecular weight excluding hydrogens is 272 g/mol. The van der Waals surface area contributed by atoms with Crippen LogP contribution in [0.3, 0.4) is 0 Å².